The van der Waals surface area contributed by atoms with Crippen molar-refractivity contribution >= 4 is 22.8 Å². The summed E-state index contributed by atoms with van der Waals surface area (Å²) in [4.78, 5) is 24.6. The largest absolute Gasteiger partial charge is 0.480 e. The third-order valence-corrected chi connectivity index (χ3v) is 3.46. The number of rotatable bonds is 2. The molecular formula is C14H13NO5. The van der Waals surface area contributed by atoms with E-state index in [4.69, 9.17) is 9.52 Å². The molecule has 0 saturated carbocycles. The van der Waals surface area contributed by atoms with Crippen LogP contribution in [0.15, 0.2) is 34.7 Å². The van der Waals surface area contributed by atoms with E-state index in [1.54, 1.807) is 18.2 Å². The summed E-state index contributed by atoms with van der Waals surface area (Å²) in [5.74, 6) is -1.54. The second kappa shape index (κ2) is 4.64. The van der Waals surface area contributed by atoms with Gasteiger partial charge in [-0.2, -0.15) is 0 Å². The van der Waals surface area contributed by atoms with Crippen molar-refractivity contribution in [1.82, 2.24) is 4.90 Å². The summed E-state index contributed by atoms with van der Waals surface area (Å²) in [6, 6.07) is 7.74. The number of carboxylic acids is 1. The van der Waals surface area contributed by atoms with Gasteiger partial charge in [-0.15, -0.1) is 0 Å². The smallest absolute Gasteiger partial charge is 0.326 e. The van der Waals surface area contributed by atoms with Crippen LogP contribution in [0.2, 0.25) is 0 Å². The van der Waals surface area contributed by atoms with Gasteiger partial charge in [-0.05, 0) is 12.1 Å². The van der Waals surface area contributed by atoms with Gasteiger partial charge in [-0.3, -0.25) is 4.79 Å². The lowest BCUT2D eigenvalue weighted by Crippen LogP contribution is -2.40. The Morgan fingerprint density at radius 1 is 1.30 bits per heavy atom. The number of hydrogen-bond donors (Lipinski definition) is 2. The Labute approximate surface area is 114 Å². The summed E-state index contributed by atoms with van der Waals surface area (Å²) in [5, 5.41) is 19.4. The first kappa shape index (κ1) is 12.7. The standard InChI is InChI=1S/C14H13NO5/c16-9-6-10(14(18)19)15(7-9)13(17)12-5-8-3-1-2-4-11(8)20-12/h1-5,9-10,16H,6-7H2,(H,18,19)/t9-,10-/m0/s1. The predicted octanol–water partition coefficient (Wildman–Crippen LogP) is 1.09. The van der Waals surface area contributed by atoms with E-state index in [1.165, 1.54) is 0 Å². The highest BCUT2D eigenvalue weighted by Crippen LogP contribution is 2.24. The lowest BCUT2D eigenvalue weighted by Gasteiger charge is -2.19. The summed E-state index contributed by atoms with van der Waals surface area (Å²) in [6.45, 7) is 0.00679. The molecule has 0 bridgehead atoms. The molecule has 2 atom stereocenters. The van der Waals surface area contributed by atoms with Crippen LogP contribution in [0.25, 0.3) is 11.0 Å². The molecule has 20 heavy (non-hydrogen) atoms. The molecule has 104 valence electrons. The fourth-order valence-corrected chi connectivity index (χ4v) is 2.50. The lowest BCUT2D eigenvalue weighted by atomic mass is 10.2. The van der Waals surface area contributed by atoms with Gasteiger partial charge < -0.3 is 19.5 Å². The summed E-state index contributed by atoms with van der Waals surface area (Å²) in [7, 11) is 0. The number of likely N-dealkylation sites (tertiary alicyclic amines) is 1. The van der Waals surface area contributed by atoms with E-state index in [9.17, 15) is 14.7 Å². The van der Waals surface area contributed by atoms with E-state index in [0.717, 1.165) is 10.3 Å². The average molecular weight is 275 g/mol. The molecule has 0 radical (unpaired) electrons. The minimum absolute atomic E-state index is 0.00679. The summed E-state index contributed by atoms with van der Waals surface area (Å²) in [6.07, 6.45) is -0.772. The Morgan fingerprint density at radius 3 is 2.75 bits per heavy atom. The zero-order chi connectivity index (χ0) is 14.3. The first-order chi connectivity index (χ1) is 9.56. The third-order valence-electron chi connectivity index (χ3n) is 3.46. The highest BCUT2D eigenvalue weighted by molar-refractivity contribution is 5.98. The van der Waals surface area contributed by atoms with Crippen molar-refractivity contribution < 1.29 is 24.2 Å². The van der Waals surface area contributed by atoms with E-state index in [1.807, 2.05) is 12.1 Å². The molecule has 1 saturated heterocycles. The van der Waals surface area contributed by atoms with Crippen LogP contribution in [0.4, 0.5) is 0 Å². The summed E-state index contributed by atoms with van der Waals surface area (Å²) < 4.78 is 5.44. The van der Waals surface area contributed by atoms with Crippen molar-refractivity contribution in [1.29, 1.82) is 0 Å². The zero-order valence-corrected chi connectivity index (χ0v) is 10.5. The number of amides is 1. The first-order valence-electron chi connectivity index (χ1n) is 6.26. The Hall–Kier alpha value is -2.34. The number of aliphatic hydroxyl groups is 1. The molecule has 1 aromatic heterocycles. The Morgan fingerprint density at radius 2 is 2.05 bits per heavy atom. The summed E-state index contributed by atoms with van der Waals surface area (Å²) >= 11 is 0. The minimum Gasteiger partial charge on any atom is -0.480 e. The van der Waals surface area contributed by atoms with Crippen LogP contribution in [-0.2, 0) is 4.79 Å². The van der Waals surface area contributed by atoms with Crippen LogP contribution >= 0.6 is 0 Å². The maximum atomic E-state index is 12.3. The number of benzene rings is 1. The van der Waals surface area contributed by atoms with Crippen LogP contribution in [-0.4, -0.2) is 45.7 Å². The number of para-hydroxylation sites is 1. The quantitative estimate of drug-likeness (QED) is 0.856. The molecule has 1 amide bonds. The Balaban J connectivity index is 1.93. The number of fused-ring (bicyclic) bond motifs is 1. The maximum absolute atomic E-state index is 12.3. The minimum atomic E-state index is -1.12. The number of aliphatic carboxylic acids is 1. The Kier molecular flexibility index (Phi) is 2.94. The predicted molar refractivity (Wildman–Crippen MR) is 69.3 cm³/mol. The molecule has 6 heteroatoms. The van der Waals surface area contributed by atoms with Crippen molar-refractivity contribution in [3.63, 3.8) is 0 Å². The zero-order valence-electron chi connectivity index (χ0n) is 10.5. The van der Waals surface area contributed by atoms with Crippen LogP contribution in [0, 0.1) is 0 Å². The number of carbonyl (C=O) groups excluding carboxylic acids is 1. The van der Waals surface area contributed by atoms with Gasteiger partial charge in [0.05, 0.1) is 6.10 Å². The SMILES string of the molecule is O=C(O)[C@@H]1C[C@H](O)CN1C(=O)c1cc2ccccc2o1. The molecule has 1 aliphatic rings. The van der Waals surface area contributed by atoms with Gasteiger partial charge in [-0.25, -0.2) is 4.79 Å². The number of nitrogens with zero attached hydrogens (tertiary/aromatic N) is 1. The molecule has 0 aliphatic carbocycles. The number of hydrogen-bond acceptors (Lipinski definition) is 4. The normalized spacial score (nSPS) is 22.4. The van der Waals surface area contributed by atoms with Crippen molar-refractivity contribution in [2.75, 3.05) is 6.54 Å². The lowest BCUT2D eigenvalue weighted by molar-refractivity contribution is -0.141. The second-order valence-electron chi connectivity index (χ2n) is 4.85. The summed E-state index contributed by atoms with van der Waals surface area (Å²) in [5.41, 5.74) is 0.572. The first-order valence-corrected chi connectivity index (χ1v) is 6.26. The molecule has 2 heterocycles. The van der Waals surface area contributed by atoms with E-state index < -0.39 is 24.0 Å². The average Bonchev–Trinajstić information content (AvgIpc) is 3.01. The third kappa shape index (κ3) is 2.04. The fourth-order valence-electron chi connectivity index (χ4n) is 2.50. The van der Waals surface area contributed by atoms with Crippen molar-refractivity contribution in [2.45, 2.75) is 18.6 Å². The molecule has 2 aromatic rings. The van der Waals surface area contributed by atoms with Crippen LogP contribution in [0.3, 0.4) is 0 Å². The molecule has 0 spiro atoms. The van der Waals surface area contributed by atoms with Gasteiger partial charge in [0.2, 0.25) is 0 Å². The number of carbonyl (C=O) groups is 2. The molecule has 3 rings (SSSR count). The van der Waals surface area contributed by atoms with Crippen molar-refractivity contribution in [3.05, 3.63) is 36.1 Å². The molecular weight excluding hydrogens is 262 g/mol. The Bertz CT molecular complexity index is 644. The molecule has 2 N–H and O–H groups in total. The van der Waals surface area contributed by atoms with E-state index in [2.05, 4.69) is 0 Å². The van der Waals surface area contributed by atoms with Gasteiger partial charge in [0.15, 0.2) is 5.76 Å². The topological polar surface area (TPSA) is 91.0 Å². The van der Waals surface area contributed by atoms with Gasteiger partial charge >= 0.3 is 5.97 Å². The fraction of sp³-hybridized carbons (Fsp3) is 0.286. The second-order valence-corrected chi connectivity index (χ2v) is 4.85. The van der Waals surface area contributed by atoms with E-state index in [0.29, 0.717) is 5.58 Å². The maximum Gasteiger partial charge on any atom is 0.326 e. The van der Waals surface area contributed by atoms with Crippen molar-refractivity contribution in [3.8, 4) is 0 Å². The number of carboxylic acid groups (broad SMARTS) is 1. The van der Waals surface area contributed by atoms with E-state index in [-0.39, 0.29) is 18.7 Å². The van der Waals surface area contributed by atoms with Crippen LogP contribution in [0.1, 0.15) is 17.0 Å². The van der Waals surface area contributed by atoms with Gasteiger partial charge in [0.25, 0.3) is 5.91 Å². The van der Waals surface area contributed by atoms with Crippen LogP contribution in [0.5, 0.6) is 0 Å². The highest BCUT2D eigenvalue weighted by atomic mass is 16.4. The van der Waals surface area contributed by atoms with Gasteiger partial charge in [0, 0.05) is 18.4 Å². The van der Waals surface area contributed by atoms with E-state index >= 15 is 0 Å². The van der Waals surface area contributed by atoms with Crippen LogP contribution < -0.4 is 0 Å². The van der Waals surface area contributed by atoms with Gasteiger partial charge in [0.1, 0.15) is 11.6 Å². The monoisotopic (exact) mass is 275 g/mol. The number of aliphatic hydroxyl groups excluding tert-OH is 1. The highest BCUT2D eigenvalue weighted by Gasteiger charge is 2.40. The van der Waals surface area contributed by atoms with Crippen molar-refractivity contribution in [2.24, 2.45) is 0 Å². The number of furan rings is 1. The molecule has 1 aromatic carbocycles. The molecule has 1 fully saturated rings. The number of β-amino-alcohol motifs (C(OH)–C–C–N with tert-alkyl or cyclic N) is 1. The molecule has 1 aliphatic heterocycles. The van der Waals surface area contributed by atoms with Gasteiger partial charge in [-0.1, -0.05) is 18.2 Å². The molecule has 6 nitrogen and oxygen atoms in total. The molecule has 0 unspecified atom stereocenters.